The number of nitrogens with zero attached hydrogens (tertiary/aromatic N) is 1. The smallest absolute Gasteiger partial charge is 0.146 e. The molecule has 18 N–H and O–H groups in total. The zero-order valence-corrected chi connectivity index (χ0v) is 57.1. The second kappa shape index (κ2) is 41.3. The van der Waals surface area contributed by atoms with Crippen LogP contribution in [0.5, 0.6) is 5.75 Å². The first-order valence-electron chi connectivity index (χ1n) is 29.3. The molecular weight excluding hydrogens is 1180 g/mol. The molecule has 0 unspecified atom stereocenters. The van der Waals surface area contributed by atoms with Crippen molar-refractivity contribution in [1.82, 2.24) is 0 Å². The fourth-order valence-electron chi connectivity index (χ4n) is 7.47. The molecule has 16 heteroatoms. The van der Waals surface area contributed by atoms with E-state index in [1.54, 1.807) is 76.4 Å². The molecule has 0 saturated carbocycles. The minimum Gasteiger partial charge on any atom is -0.495 e. The number of nitrogens with two attached hydrogens (primary N) is 9. The molecule has 0 amide bonds. The summed E-state index contributed by atoms with van der Waals surface area (Å²) >= 11 is 5.66. The maximum absolute atomic E-state index is 12.5. The first-order chi connectivity index (χ1) is 43.1. The molecule has 10 rings (SSSR count). The van der Waals surface area contributed by atoms with Gasteiger partial charge in [0, 0.05) is 70.2 Å². The summed E-state index contributed by atoms with van der Waals surface area (Å²) in [6.07, 6.45) is 0. The molecular formula is C76H97ClF4N10O. The van der Waals surface area contributed by atoms with E-state index in [0.717, 1.165) is 89.3 Å². The fraction of sp³-hybridized carbons (Fsp3) is 0.211. The molecule has 11 nitrogen and oxygen atoms in total. The van der Waals surface area contributed by atoms with Crippen molar-refractivity contribution in [2.75, 3.05) is 77.7 Å². The van der Waals surface area contributed by atoms with E-state index < -0.39 is 0 Å². The van der Waals surface area contributed by atoms with Crippen LogP contribution in [-0.4, -0.2) is 21.2 Å². The third-order valence-corrected chi connectivity index (χ3v) is 14.0. The molecule has 0 spiro atoms. The lowest BCUT2D eigenvalue weighted by molar-refractivity contribution is 0.416. The zero-order chi connectivity index (χ0) is 69.9. The van der Waals surface area contributed by atoms with Gasteiger partial charge >= 0.3 is 0 Å². The highest BCUT2D eigenvalue weighted by atomic mass is 35.5. The van der Waals surface area contributed by atoms with E-state index in [2.05, 4.69) is 69.2 Å². The van der Waals surface area contributed by atoms with Gasteiger partial charge in [0.05, 0.1) is 18.5 Å². The molecule has 0 aliphatic heterocycles. The first-order valence-corrected chi connectivity index (χ1v) is 29.6. The Labute approximate surface area is 550 Å². The van der Waals surface area contributed by atoms with Gasteiger partial charge in [-0.1, -0.05) is 114 Å². The minimum absolute atomic E-state index is 0.235. The topological polar surface area (TPSA) is 247 Å². The van der Waals surface area contributed by atoms with Crippen molar-refractivity contribution in [3.63, 3.8) is 0 Å². The van der Waals surface area contributed by atoms with Crippen LogP contribution in [0.15, 0.2) is 188 Å². The quantitative estimate of drug-likeness (QED) is 0.0582. The van der Waals surface area contributed by atoms with Crippen LogP contribution in [-0.2, 0) is 0 Å². The number of hydrogen-bond donors (Lipinski definition) is 9. The van der Waals surface area contributed by atoms with Crippen LogP contribution in [0.2, 0.25) is 5.02 Å². The summed E-state index contributed by atoms with van der Waals surface area (Å²) in [6.45, 7) is 25.2. The molecule has 0 saturated heterocycles. The van der Waals surface area contributed by atoms with Gasteiger partial charge in [0.1, 0.15) is 29.0 Å². The Kier molecular flexibility index (Phi) is 36.0. The third kappa shape index (κ3) is 30.5. The molecule has 0 aliphatic rings. The second-order valence-corrected chi connectivity index (χ2v) is 22.3. The van der Waals surface area contributed by atoms with Crippen LogP contribution in [0.3, 0.4) is 0 Å². The zero-order valence-electron chi connectivity index (χ0n) is 56.3. The lowest BCUT2D eigenvalue weighted by Crippen LogP contribution is -2.09. The van der Waals surface area contributed by atoms with Gasteiger partial charge in [-0.15, -0.1) is 0 Å². The Morgan fingerprint density at radius 3 is 1.10 bits per heavy atom. The van der Waals surface area contributed by atoms with Crippen molar-refractivity contribution in [2.45, 2.75) is 90.0 Å². The van der Waals surface area contributed by atoms with E-state index >= 15 is 0 Å². The molecule has 10 aromatic rings. The molecule has 0 bridgehead atoms. The number of rotatable bonds is 2. The van der Waals surface area contributed by atoms with Crippen LogP contribution < -0.4 is 61.2 Å². The molecule has 492 valence electrons. The number of ether oxygens (including phenoxy) is 1. The van der Waals surface area contributed by atoms with E-state index in [1.165, 1.54) is 58.8 Å². The summed E-state index contributed by atoms with van der Waals surface area (Å²) in [5, 5.41) is 0.738. The number of para-hydroxylation sites is 4. The molecule has 0 aromatic heterocycles. The van der Waals surface area contributed by atoms with Crippen molar-refractivity contribution in [3.05, 3.63) is 289 Å². The number of benzene rings is 10. The molecule has 0 fully saturated rings. The summed E-state index contributed by atoms with van der Waals surface area (Å²) < 4.78 is 54.5. The van der Waals surface area contributed by atoms with Crippen LogP contribution in [0.4, 0.5) is 74.4 Å². The number of anilines is 10. The Balaban J connectivity index is 0.000000511. The largest absolute Gasteiger partial charge is 0.495 e. The van der Waals surface area contributed by atoms with Crippen molar-refractivity contribution in [3.8, 4) is 5.75 Å². The molecule has 10 aromatic carbocycles. The predicted molar refractivity (Wildman–Crippen MR) is 391 cm³/mol. The number of halogens is 5. The summed E-state index contributed by atoms with van der Waals surface area (Å²) in [5.41, 5.74) is 70.5. The average molecular weight is 1280 g/mol. The van der Waals surface area contributed by atoms with Crippen molar-refractivity contribution in [1.29, 1.82) is 0 Å². The van der Waals surface area contributed by atoms with E-state index in [-0.39, 0.29) is 29.0 Å². The van der Waals surface area contributed by atoms with E-state index in [1.807, 2.05) is 122 Å². The molecule has 0 aliphatic carbocycles. The Hall–Kier alpha value is -9.99. The maximum Gasteiger partial charge on any atom is 0.146 e. The number of hydrogen-bond acceptors (Lipinski definition) is 11. The molecule has 0 radical (unpaired) electrons. The fourth-order valence-corrected chi connectivity index (χ4v) is 7.70. The van der Waals surface area contributed by atoms with Crippen LogP contribution in [0.1, 0.15) is 72.3 Å². The number of nitrogen functional groups attached to an aromatic ring is 9. The second-order valence-electron chi connectivity index (χ2n) is 21.8. The highest BCUT2D eigenvalue weighted by molar-refractivity contribution is 6.30. The average Bonchev–Trinajstić information content (AvgIpc) is 3.71. The lowest BCUT2D eigenvalue weighted by atomic mass is 10.1. The highest BCUT2D eigenvalue weighted by Gasteiger charge is 2.02. The monoisotopic (exact) mass is 1280 g/mol. The molecule has 0 heterocycles. The van der Waals surface area contributed by atoms with Gasteiger partial charge in [-0.05, 0) is 242 Å². The van der Waals surface area contributed by atoms with Crippen LogP contribution >= 0.6 is 11.6 Å². The summed E-state index contributed by atoms with van der Waals surface area (Å²) in [5.74, 6) is -0.343. The van der Waals surface area contributed by atoms with Gasteiger partial charge in [-0.25, -0.2) is 17.6 Å². The number of aryl methyl sites for hydroxylation is 12. The maximum atomic E-state index is 12.5. The van der Waals surface area contributed by atoms with Crippen molar-refractivity contribution >= 4 is 68.5 Å². The predicted octanol–water partition coefficient (Wildman–Crippen LogP) is 18.4. The molecule has 0 atom stereocenters. The van der Waals surface area contributed by atoms with Gasteiger partial charge in [-0.2, -0.15) is 0 Å². The third-order valence-electron chi connectivity index (χ3n) is 13.8. The van der Waals surface area contributed by atoms with E-state index in [4.69, 9.17) is 67.9 Å². The normalized spacial score (nSPS) is 9.53. The van der Waals surface area contributed by atoms with Crippen molar-refractivity contribution < 1.29 is 22.3 Å². The van der Waals surface area contributed by atoms with Gasteiger partial charge < -0.3 is 61.2 Å². The molecule has 92 heavy (non-hydrogen) atoms. The van der Waals surface area contributed by atoms with E-state index in [9.17, 15) is 17.6 Å². The van der Waals surface area contributed by atoms with Gasteiger partial charge in [-0.3, -0.25) is 0 Å². The van der Waals surface area contributed by atoms with Gasteiger partial charge in [0.2, 0.25) is 0 Å². The summed E-state index contributed by atoms with van der Waals surface area (Å²) in [7, 11) is 5.73. The van der Waals surface area contributed by atoms with Crippen molar-refractivity contribution in [2.24, 2.45) is 0 Å². The Bertz CT molecular complexity index is 3390. The van der Waals surface area contributed by atoms with Gasteiger partial charge in [0.15, 0.2) is 0 Å². The minimum atomic E-state index is -0.338. The van der Waals surface area contributed by atoms with Crippen LogP contribution in [0, 0.1) is 113 Å². The SMILES string of the molecule is COc1cccc(C)c1N.Cc1c(N)cccc1F.Cc1cc(Cl)ccc1N.Cc1cc(F)ccc1N.Cc1ccc(C)c(N)c1.Cc1ccc(F)cc1N.Cc1ccc(N)c(C)c1.Cc1cccc(C)c1N.Cc1cccc(F)c1N.Cc1ccccc1N(C)C. The summed E-state index contributed by atoms with van der Waals surface area (Å²) in [6, 6.07) is 55.8. The van der Waals surface area contributed by atoms with E-state index in [0.29, 0.717) is 22.6 Å². The summed E-state index contributed by atoms with van der Waals surface area (Å²) in [4.78, 5) is 2.12. The first kappa shape index (κ1) is 80.0. The standard InChI is InChI=1S/C9H13N.C8H11NO.3C8H11N.C7H8ClN.4C7H8FN/c1-8-6-4-5-7-9(8)10(2)3;1-6-4-3-5-7(10-2)8(6)9;1-6-3-4-8(9)7(2)5-6;1-6-3-4-7(2)8(9)5-6;1-6-4-3-5-7(2)8(6)9;2*1-5-4-6(8)2-3-7(5)9;1-5-2-3-6(8)4-7(5)9;1-5-6(8)3-2-4-7(5)9;1-5-3-2-4-6(8)7(5)9/h4-7H,1-3H3;3-5H,9H2,1-2H3;3*3-5H,9H2,1-2H3;5*2-4H,9H2,1H3. The van der Waals surface area contributed by atoms with Gasteiger partial charge in [0.25, 0.3) is 0 Å². The van der Waals surface area contributed by atoms with Crippen LogP contribution in [0.25, 0.3) is 0 Å². The lowest BCUT2D eigenvalue weighted by Gasteiger charge is -2.14. The Morgan fingerprint density at radius 1 is 0.315 bits per heavy atom. The Morgan fingerprint density at radius 2 is 0.717 bits per heavy atom. The number of methoxy groups -OCH3 is 1. The highest BCUT2D eigenvalue weighted by Crippen LogP contribution is 2.24.